The molecule has 0 bridgehead atoms. The molecule has 0 aromatic rings. The van der Waals surface area contributed by atoms with E-state index in [2.05, 4.69) is 6.92 Å². The van der Waals surface area contributed by atoms with Gasteiger partial charge >= 0.3 is 8.60 Å². The van der Waals surface area contributed by atoms with E-state index in [4.69, 9.17) is 13.9 Å². The molecule has 0 saturated carbocycles. The van der Waals surface area contributed by atoms with E-state index in [9.17, 15) is 0 Å². The van der Waals surface area contributed by atoms with Crippen molar-refractivity contribution < 1.29 is 13.9 Å². The summed E-state index contributed by atoms with van der Waals surface area (Å²) < 4.78 is 9.80. The van der Waals surface area contributed by atoms with Crippen LogP contribution in [0.1, 0.15) is 33.1 Å². The van der Waals surface area contributed by atoms with Crippen molar-refractivity contribution in [2.24, 2.45) is 0 Å². The number of unbranched alkanes of at least 4 members (excludes halogenated alkanes) is 2. The van der Waals surface area contributed by atoms with Gasteiger partial charge in [-0.2, -0.15) is 0 Å². The quantitative estimate of drug-likeness (QED) is 0.483. The second-order valence-corrected chi connectivity index (χ2v) is 3.19. The molecule has 11 heavy (non-hydrogen) atoms. The molecule has 0 heterocycles. The molecule has 0 rings (SSSR count). The highest BCUT2D eigenvalue weighted by atomic mass is 31.2. The van der Waals surface area contributed by atoms with Crippen LogP contribution in [0.2, 0.25) is 0 Å². The third kappa shape index (κ3) is 8.21. The lowest BCUT2D eigenvalue weighted by atomic mass is 10.3. The van der Waals surface area contributed by atoms with Crippen LogP contribution in [-0.4, -0.2) is 18.1 Å². The Morgan fingerprint density at radius 1 is 1.18 bits per heavy atom. The maximum absolute atomic E-state index is 8.97. The molecule has 0 aromatic carbocycles. The molecule has 68 valence electrons. The molecule has 0 aromatic heterocycles. The van der Waals surface area contributed by atoms with Gasteiger partial charge < -0.3 is 13.9 Å². The molecule has 0 saturated heterocycles. The molecule has 1 N–H and O–H groups in total. The minimum absolute atomic E-state index is 0.510. The minimum atomic E-state index is -1.60. The molecule has 0 spiro atoms. The van der Waals surface area contributed by atoms with Gasteiger partial charge in [0.05, 0.1) is 13.2 Å². The summed E-state index contributed by atoms with van der Waals surface area (Å²) in [5, 5.41) is 0. The molecule has 4 heteroatoms. The van der Waals surface area contributed by atoms with E-state index < -0.39 is 8.60 Å². The fourth-order valence-electron chi connectivity index (χ4n) is 0.642. The molecule has 1 atom stereocenters. The Morgan fingerprint density at radius 2 is 1.91 bits per heavy atom. The summed E-state index contributed by atoms with van der Waals surface area (Å²) in [5.74, 6) is 0. The third-order valence-electron chi connectivity index (χ3n) is 1.19. The van der Waals surface area contributed by atoms with E-state index in [-0.39, 0.29) is 0 Å². The van der Waals surface area contributed by atoms with Crippen LogP contribution in [0.4, 0.5) is 0 Å². The highest BCUT2D eigenvalue weighted by Gasteiger charge is 2.02. The maximum Gasteiger partial charge on any atom is 0.329 e. The summed E-state index contributed by atoms with van der Waals surface area (Å²) in [6.07, 6.45) is 3.32. The van der Waals surface area contributed by atoms with Gasteiger partial charge in [0.15, 0.2) is 0 Å². The Balaban J connectivity index is 2.97. The Bertz CT molecular complexity index is 80.1. The fourth-order valence-corrected chi connectivity index (χ4v) is 1.22. The van der Waals surface area contributed by atoms with Crippen molar-refractivity contribution in [2.75, 3.05) is 13.2 Å². The van der Waals surface area contributed by atoms with E-state index in [1.165, 1.54) is 6.42 Å². The third-order valence-corrected chi connectivity index (χ3v) is 2.07. The van der Waals surface area contributed by atoms with E-state index in [0.29, 0.717) is 13.2 Å². The maximum atomic E-state index is 8.97. The van der Waals surface area contributed by atoms with Crippen LogP contribution in [0.3, 0.4) is 0 Å². The van der Waals surface area contributed by atoms with E-state index in [1.807, 2.05) is 6.92 Å². The van der Waals surface area contributed by atoms with Crippen LogP contribution in [-0.2, 0) is 9.05 Å². The van der Waals surface area contributed by atoms with Gasteiger partial charge in [-0.15, -0.1) is 0 Å². The zero-order valence-electron chi connectivity index (χ0n) is 7.25. The summed E-state index contributed by atoms with van der Waals surface area (Å²) in [6.45, 7) is 5.08. The summed E-state index contributed by atoms with van der Waals surface area (Å²) >= 11 is 0. The molecule has 0 amide bonds. The zero-order chi connectivity index (χ0) is 8.53. The second-order valence-electron chi connectivity index (χ2n) is 2.20. The average molecular weight is 180 g/mol. The number of hydrogen-bond acceptors (Lipinski definition) is 3. The summed E-state index contributed by atoms with van der Waals surface area (Å²) in [5.41, 5.74) is 0. The van der Waals surface area contributed by atoms with E-state index in [0.717, 1.165) is 12.8 Å². The SMILES string of the molecule is CCCCCOP(O)OCC. The van der Waals surface area contributed by atoms with Crippen molar-refractivity contribution in [3.8, 4) is 0 Å². The Labute approximate surface area is 69.7 Å². The Kier molecular flexibility index (Phi) is 8.64. The first kappa shape index (κ1) is 11.3. The summed E-state index contributed by atoms with van der Waals surface area (Å²) in [6, 6.07) is 0. The van der Waals surface area contributed by atoms with Crippen molar-refractivity contribution in [3.63, 3.8) is 0 Å². The van der Waals surface area contributed by atoms with Crippen molar-refractivity contribution in [2.45, 2.75) is 33.1 Å². The number of rotatable bonds is 7. The molecular weight excluding hydrogens is 163 g/mol. The van der Waals surface area contributed by atoms with Gasteiger partial charge in [0.1, 0.15) is 0 Å². The normalized spacial score (nSPS) is 13.4. The smallest absolute Gasteiger partial charge is 0.328 e. The fraction of sp³-hybridized carbons (Fsp3) is 1.00. The largest absolute Gasteiger partial charge is 0.329 e. The van der Waals surface area contributed by atoms with E-state index >= 15 is 0 Å². The molecule has 0 aliphatic heterocycles. The van der Waals surface area contributed by atoms with Crippen LogP contribution in [0.5, 0.6) is 0 Å². The Morgan fingerprint density at radius 3 is 2.45 bits per heavy atom. The van der Waals surface area contributed by atoms with E-state index in [1.54, 1.807) is 0 Å². The molecule has 0 aliphatic rings. The summed E-state index contributed by atoms with van der Waals surface area (Å²) in [4.78, 5) is 8.97. The monoisotopic (exact) mass is 180 g/mol. The topological polar surface area (TPSA) is 38.7 Å². The average Bonchev–Trinajstić information content (AvgIpc) is 1.99. The molecule has 1 unspecified atom stereocenters. The predicted octanol–water partition coefficient (Wildman–Crippen LogP) is 2.45. The first-order valence-corrected chi connectivity index (χ1v) is 5.19. The minimum Gasteiger partial charge on any atom is -0.328 e. The molecule has 3 nitrogen and oxygen atoms in total. The first-order valence-electron chi connectivity index (χ1n) is 4.06. The zero-order valence-corrected chi connectivity index (χ0v) is 8.14. The molecule has 0 radical (unpaired) electrons. The van der Waals surface area contributed by atoms with Crippen LogP contribution in [0.15, 0.2) is 0 Å². The lowest BCUT2D eigenvalue weighted by Crippen LogP contribution is -1.92. The predicted molar refractivity (Wildman–Crippen MR) is 46.2 cm³/mol. The van der Waals surface area contributed by atoms with Gasteiger partial charge in [-0.3, -0.25) is 0 Å². The van der Waals surface area contributed by atoms with Gasteiger partial charge in [0.25, 0.3) is 0 Å². The number of hydrogen-bond donors (Lipinski definition) is 1. The highest BCUT2D eigenvalue weighted by molar-refractivity contribution is 7.40. The van der Waals surface area contributed by atoms with Crippen LogP contribution < -0.4 is 0 Å². The van der Waals surface area contributed by atoms with Crippen LogP contribution >= 0.6 is 8.60 Å². The highest BCUT2D eigenvalue weighted by Crippen LogP contribution is 2.32. The lowest BCUT2D eigenvalue weighted by molar-refractivity contribution is 0.204. The lowest BCUT2D eigenvalue weighted by Gasteiger charge is -2.08. The van der Waals surface area contributed by atoms with Gasteiger partial charge in [-0.05, 0) is 13.3 Å². The van der Waals surface area contributed by atoms with Crippen molar-refractivity contribution >= 4 is 8.60 Å². The molecule has 0 fully saturated rings. The standard InChI is InChI=1S/C7H17O3P/c1-3-5-6-7-10-11(8)9-4-2/h8H,3-7H2,1-2H3. The Hall–Kier alpha value is 0.310. The van der Waals surface area contributed by atoms with Crippen LogP contribution in [0, 0.1) is 0 Å². The first-order chi connectivity index (χ1) is 5.31. The van der Waals surface area contributed by atoms with Crippen LogP contribution in [0.25, 0.3) is 0 Å². The van der Waals surface area contributed by atoms with Crippen molar-refractivity contribution in [1.29, 1.82) is 0 Å². The second kappa shape index (κ2) is 8.41. The van der Waals surface area contributed by atoms with Crippen molar-refractivity contribution in [3.05, 3.63) is 0 Å². The van der Waals surface area contributed by atoms with Gasteiger partial charge in [0, 0.05) is 0 Å². The summed E-state index contributed by atoms with van der Waals surface area (Å²) in [7, 11) is -1.60. The van der Waals surface area contributed by atoms with Gasteiger partial charge in [0.2, 0.25) is 0 Å². The molecular formula is C7H17O3P. The van der Waals surface area contributed by atoms with Gasteiger partial charge in [-0.1, -0.05) is 19.8 Å². The van der Waals surface area contributed by atoms with Crippen molar-refractivity contribution in [1.82, 2.24) is 0 Å². The van der Waals surface area contributed by atoms with Gasteiger partial charge in [-0.25, -0.2) is 0 Å². The molecule has 0 aliphatic carbocycles.